The first-order chi connectivity index (χ1) is 6.86. The van der Waals surface area contributed by atoms with Crippen molar-refractivity contribution in [2.45, 2.75) is 6.92 Å². The van der Waals surface area contributed by atoms with Crippen molar-refractivity contribution < 1.29 is 0 Å². The Balaban J connectivity index is 2.63. The van der Waals surface area contributed by atoms with Crippen molar-refractivity contribution in [3.8, 4) is 0 Å². The van der Waals surface area contributed by atoms with E-state index in [0.29, 0.717) is 14.5 Å². The molecule has 0 atom stereocenters. The van der Waals surface area contributed by atoms with Crippen LogP contribution in [0.15, 0.2) is 36.5 Å². The molecule has 0 spiro atoms. The molecule has 0 amide bonds. The Labute approximate surface area is 88.1 Å². The molecule has 1 nitrogen and oxygen atoms in total. The minimum absolute atomic E-state index is 0.414. The van der Waals surface area contributed by atoms with Crippen molar-refractivity contribution >= 4 is 33.9 Å². The molecule has 2 heteroatoms. The molecule has 0 unspecified atom stereocenters. The first-order valence-electron chi connectivity index (χ1n) is 4.59. The van der Waals surface area contributed by atoms with Crippen molar-refractivity contribution in [3.63, 3.8) is 0 Å². The third-order valence-corrected chi connectivity index (χ3v) is 5.13. The van der Waals surface area contributed by atoms with E-state index < -0.39 is 0 Å². The summed E-state index contributed by atoms with van der Waals surface area (Å²) in [6.45, 7) is 2.19. The van der Waals surface area contributed by atoms with Gasteiger partial charge in [-0.3, -0.25) is 0 Å². The van der Waals surface area contributed by atoms with Crippen LogP contribution in [-0.4, -0.2) is 19.5 Å². The second-order valence-electron chi connectivity index (χ2n) is 3.41. The van der Waals surface area contributed by atoms with E-state index in [1.165, 1.54) is 25.0 Å². The van der Waals surface area contributed by atoms with E-state index in [4.69, 9.17) is 0 Å². The Bertz CT molecular complexity index is 610. The van der Waals surface area contributed by atoms with Crippen LogP contribution in [0.1, 0.15) is 5.56 Å². The summed E-state index contributed by atoms with van der Waals surface area (Å²) in [7, 11) is 0. The van der Waals surface area contributed by atoms with Crippen LogP contribution < -0.4 is 0 Å². The number of hydrogen-bond acceptors (Lipinski definition) is 1. The fraction of sp³-hybridized carbons (Fsp3) is 0.0833. The summed E-state index contributed by atoms with van der Waals surface area (Å²) in [6, 6.07) is 10.7. The molecule has 14 heavy (non-hydrogen) atoms. The van der Waals surface area contributed by atoms with Gasteiger partial charge in [-0.05, 0) is 0 Å². The average Bonchev–Trinajstić information content (AvgIpc) is 2.59. The molecule has 0 saturated carbocycles. The van der Waals surface area contributed by atoms with Crippen LogP contribution in [0.2, 0.25) is 0 Å². The van der Waals surface area contributed by atoms with Gasteiger partial charge in [0.1, 0.15) is 0 Å². The predicted molar refractivity (Wildman–Crippen MR) is 60.9 cm³/mol. The van der Waals surface area contributed by atoms with E-state index in [2.05, 4.69) is 36.2 Å². The Morgan fingerprint density at radius 3 is 2.86 bits per heavy atom. The van der Waals surface area contributed by atoms with E-state index in [-0.39, 0.29) is 0 Å². The molecule has 2 heterocycles. The Morgan fingerprint density at radius 1 is 1.07 bits per heavy atom. The maximum atomic E-state index is 4.44. The van der Waals surface area contributed by atoms with Crippen molar-refractivity contribution in [2.24, 2.45) is 0 Å². The van der Waals surface area contributed by atoms with Gasteiger partial charge >= 0.3 is 87.9 Å². The minimum atomic E-state index is 0.414. The maximum absolute atomic E-state index is 4.44. The van der Waals surface area contributed by atoms with Crippen molar-refractivity contribution in [3.05, 3.63) is 42.1 Å². The Hall–Kier alpha value is -1.11. The van der Waals surface area contributed by atoms with Gasteiger partial charge in [0.25, 0.3) is 0 Å². The van der Waals surface area contributed by atoms with Crippen LogP contribution in [0, 0.1) is 6.92 Å². The molecule has 0 N–H and O–H groups in total. The van der Waals surface area contributed by atoms with Gasteiger partial charge in [-0.1, -0.05) is 0 Å². The second-order valence-corrected chi connectivity index (χ2v) is 5.51. The van der Waals surface area contributed by atoms with Gasteiger partial charge in [0, 0.05) is 0 Å². The summed E-state index contributed by atoms with van der Waals surface area (Å²) in [5, 5.41) is 2.74. The van der Waals surface area contributed by atoms with E-state index in [1.807, 2.05) is 12.3 Å². The number of hydrogen-bond donors (Lipinski definition) is 0. The van der Waals surface area contributed by atoms with Crippen LogP contribution in [0.25, 0.3) is 19.4 Å². The summed E-state index contributed by atoms with van der Waals surface area (Å²) in [5.74, 6) is 0. The number of aryl methyl sites for hydroxylation is 1. The number of nitrogens with zero attached hydrogens (tertiary/aromatic N) is 1. The van der Waals surface area contributed by atoms with Crippen LogP contribution in [-0.2, 0) is 0 Å². The summed E-state index contributed by atoms with van der Waals surface area (Å²) in [6.07, 6.45) is 1.89. The average molecular weight is 246 g/mol. The van der Waals surface area contributed by atoms with Crippen molar-refractivity contribution in [2.75, 3.05) is 0 Å². The van der Waals surface area contributed by atoms with E-state index in [1.54, 1.807) is 0 Å². The van der Waals surface area contributed by atoms with E-state index in [9.17, 15) is 0 Å². The summed E-state index contributed by atoms with van der Waals surface area (Å²) in [4.78, 5) is 4.44. The summed E-state index contributed by atoms with van der Waals surface area (Å²) >= 11 is 0.414. The molecule has 68 valence electrons. The topological polar surface area (TPSA) is 12.9 Å². The van der Waals surface area contributed by atoms with Crippen LogP contribution in [0.3, 0.4) is 0 Å². The second kappa shape index (κ2) is 2.94. The first kappa shape index (κ1) is 8.22. The van der Waals surface area contributed by atoms with Gasteiger partial charge in [0.15, 0.2) is 0 Å². The third kappa shape index (κ3) is 1.05. The number of pyridine rings is 1. The zero-order chi connectivity index (χ0) is 9.54. The van der Waals surface area contributed by atoms with E-state index >= 15 is 0 Å². The molecule has 0 bridgehead atoms. The van der Waals surface area contributed by atoms with Crippen LogP contribution in [0.5, 0.6) is 0 Å². The SMILES string of the molecule is Cc1cccc2c1[se]c1ncccc12. The molecular weight excluding hydrogens is 237 g/mol. The fourth-order valence-electron chi connectivity index (χ4n) is 1.77. The third-order valence-electron chi connectivity index (χ3n) is 2.47. The van der Waals surface area contributed by atoms with Crippen LogP contribution in [0.4, 0.5) is 0 Å². The predicted octanol–water partition coefficient (Wildman–Crippen LogP) is 2.75. The molecule has 0 aliphatic heterocycles. The summed E-state index contributed by atoms with van der Waals surface area (Å²) in [5.41, 5.74) is 1.40. The van der Waals surface area contributed by atoms with Gasteiger partial charge in [0.05, 0.1) is 0 Å². The van der Waals surface area contributed by atoms with Gasteiger partial charge in [0.2, 0.25) is 0 Å². The van der Waals surface area contributed by atoms with Gasteiger partial charge < -0.3 is 0 Å². The number of aromatic nitrogens is 1. The molecule has 0 aliphatic carbocycles. The fourth-order valence-corrected chi connectivity index (χ4v) is 4.11. The zero-order valence-corrected chi connectivity index (χ0v) is 9.53. The Kier molecular flexibility index (Phi) is 1.73. The van der Waals surface area contributed by atoms with Crippen molar-refractivity contribution in [1.82, 2.24) is 4.98 Å². The zero-order valence-electron chi connectivity index (χ0n) is 7.82. The molecule has 3 rings (SSSR count). The number of rotatable bonds is 0. The van der Waals surface area contributed by atoms with Gasteiger partial charge in [-0.15, -0.1) is 0 Å². The normalized spacial score (nSPS) is 11.2. The number of fused-ring (bicyclic) bond motifs is 3. The first-order valence-corrected chi connectivity index (χ1v) is 6.30. The molecule has 3 aromatic rings. The number of benzene rings is 1. The standard InChI is InChI=1S/C12H9NSe/c1-8-4-2-5-9-10-6-3-7-13-12(10)14-11(8)9/h2-7H,1H3. The van der Waals surface area contributed by atoms with E-state index in [0.717, 1.165) is 0 Å². The molecule has 0 aliphatic rings. The Morgan fingerprint density at radius 2 is 1.93 bits per heavy atom. The van der Waals surface area contributed by atoms with Gasteiger partial charge in [-0.25, -0.2) is 0 Å². The summed E-state index contributed by atoms with van der Waals surface area (Å²) < 4.78 is 2.79. The molecule has 0 saturated heterocycles. The monoisotopic (exact) mass is 247 g/mol. The molecule has 1 aromatic carbocycles. The molecule has 0 radical (unpaired) electrons. The van der Waals surface area contributed by atoms with Gasteiger partial charge in [-0.2, -0.15) is 0 Å². The molecule has 2 aromatic heterocycles. The van der Waals surface area contributed by atoms with Crippen molar-refractivity contribution in [1.29, 1.82) is 0 Å². The molecule has 0 fully saturated rings. The van der Waals surface area contributed by atoms with Crippen LogP contribution >= 0.6 is 0 Å². The quantitative estimate of drug-likeness (QED) is 0.556. The molecular formula is C12H9NSe.